The maximum Gasteiger partial charge on any atom is 0.236 e. The molecule has 0 spiro atoms. The summed E-state index contributed by atoms with van der Waals surface area (Å²) in [5, 5.41) is 0. The summed E-state index contributed by atoms with van der Waals surface area (Å²) in [6, 6.07) is 4.18. The Kier molecular flexibility index (Phi) is 4.07. The van der Waals surface area contributed by atoms with Crippen molar-refractivity contribution in [2.75, 3.05) is 13.6 Å². The predicted molar refractivity (Wildman–Crippen MR) is 66.2 cm³/mol. The van der Waals surface area contributed by atoms with Crippen LogP contribution in [0.3, 0.4) is 0 Å². The Hall–Kier alpha value is -1.35. The fourth-order valence-corrected chi connectivity index (χ4v) is 1.68. The second-order valence-corrected chi connectivity index (χ2v) is 4.25. The third-order valence-electron chi connectivity index (χ3n) is 3.18. The van der Waals surface area contributed by atoms with E-state index in [9.17, 15) is 4.79 Å². The van der Waals surface area contributed by atoms with Crippen LogP contribution in [-0.2, 0) is 11.3 Å². The van der Waals surface area contributed by atoms with Crippen molar-refractivity contribution in [2.45, 2.75) is 27.3 Å². The van der Waals surface area contributed by atoms with Gasteiger partial charge in [-0.15, -0.1) is 0 Å². The van der Waals surface area contributed by atoms with E-state index < -0.39 is 0 Å². The minimum absolute atomic E-state index is 0.0300. The minimum Gasteiger partial charge on any atom is -0.340 e. The molecule has 0 saturated heterocycles. The largest absolute Gasteiger partial charge is 0.340 e. The normalized spacial score (nSPS) is 10.3. The molecule has 0 aliphatic carbocycles. The molecular formula is C13H20N2O. The van der Waals surface area contributed by atoms with Crippen molar-refractivity contribution < 1.29 is 4.79 Å². The van der Waals surface area contributed by atoms with Gasteiger partial charge in [0.1, 0.15) is 0 Å². The molecule has 0 atom stereocenters. The van der Waals surface area contributed by atoms with Gasteiger partial charge in [-0.3, -0.25) is 4.79 Å². The number of amides is 1. The molecule has 16 heavy (non-hydrogen) atoms. The number of nitrogens with zero attached hydrogens (tertiary/aromatic N) is 1. The average molecular weight is 220 g/mol. The Morgan fingerprint density at radius 1 is 1.25 bits per heavy atom. The van der Waals surface area contributed by atoms with Crippen LogP contribution in [0.15, 0.2) is 12.1 Å². The number of hydrogen-bond donors (Lipinski definition) is 1. The first-order valence-corrected chi connectivity index (χ1v) is 5.47. The van der Waals surface area contributed by atoms with Crippen molar-refractivity contribution in [3.63, 3.8) is 0 Å². The second kappa shape index (κ2) is 5.12. The first-order chi connectivity index (χ1) is 7.47. The maximum absolute atomic E-state index is 11.4. The van der Waals surface area contributed by atoms with Gasteiger partial charge >= 0.3 is 0 Å². The number of hydrogen-bond acceptors (Lipinski definition) is 2. The van der Waals surface area contributed by atoms with Crippen molar-refractivity contribution in [1.82, 2.24) is 4.90 Å². The Morgan fingerprint density at radius 2 is 1.88 bits per heavy atom. The number of benzene rings is 1. The first-order valence-electron chi connectivity index (χ1n) is 5.47. The van der Waals surface area contributed by atoms with E-state index in [0.717, 1.165) is 0 Å². The molecule has 0 radical (unpaired) electrons. The molecule has 3 heteroatoms. The number of nitrogens with two attached hydrogens (primary N) is 1. The van der Waals surface area contributed by atoms with Gasteiger partial charge in [-0.05, 0) is 43.0 Å². The smallest absolute Gasteiger partial charge is 0.236 e. The molecule has 1 aromatic carbocycles. The third-order valence-corrected chi connectivity index (χ3v) is 3.18. The molecule has 0 aromatic heterocycles. The Bertz CT molecular complexity index is 399. The lowest BCUT2D eigenvalue weighted by atomic mass is 9.98. The van der Waals surface area contributed by atoms with Crippen LogP contribution in [0.2, 0.25) is 0 Å². The number of aryl methyl sites for hydroxylation is 1. The zero-order chi connectivity index (χ0) is 12.3. The number of likely N-dealkylation sites (N-methyl/N-ethyl adjacent to an activating group) is 1. The summed E-state index contributed by atoms with van der Waals surface area (Å²) in [7, 11) is 1.78. The summed E-state index contributed by atoms with van der Waals surface area (Å²) < 4.78 is 0. The molecule has 0 fully saturated rings. The van der Waals surface area contributed by atoms with Crippen molar-refractivity contribution in [3.8, 4) is 0 Å². The van der Waals surface area contributed by atoms with Crippen molar-refractivity contribution in [1.29, 1.82) is 0 Å². The minimum atomic E-state index is -0.0300. The molecular weight excluding hydrogens is 200 g/mol. The molecule has 0 saturated carbocycles. The lowest BCUT2D eigenvalue weighted by molar-refractivity contribution is -0.128. The standard InChI is InChI=1S/C13H20N2O/c1-9-5-6-12(11(3)10(9)2)8-15(4)13(16)7-14/h5-6H,7-8,14H2,1-4H3. The van der Waals surface area contributed by atoms with Gasteiger partial charge in [-0.2, -0.15) is 0 Å². The Labute approximate surface area is 97.2 Å². The van der Waals surface area contributed by atoms with Gasteiger partial charge < -0.3 is 10.6 Å². The molecule has 0 aliphatic rings. The molecule has 0 aliphatic heterocycles. The zero-order valence-electron chi connectivity index (χ0n) is 10.5. The summed E-state index contributed by atoms with van der Waals surface area (Å²) in [6.45, 7) is 7.00. The summed E-state index contributed by atoms with van der Waals surface area (Å²) in [5.74, 6) is -0.0300. The van der Waals surface area contributed by atoms with E-state index in [1.165, 1.54) is 22.3 Å². The molecule has 3 nitrogen and oxygen atoms in total. The molecule has 1 rings (SSSR count). The quantitative estimate of drug-likeness (QED) is 0.839. The summed E-state index contributed by atoms with van der Waals surface area (Å²) in [5.41, 5.74) is 10.4. The SMILES string of the molecule is Cc1ccc(CN(C)C(=O)CN)c(C)c1C. The number of rotatable bonds is 3. The van der Waals surface area contributed by atoms with Gasteiger partial charge in [0.2, 0.25) is 5.91 Å². The monoisotopic (exact) mass is 220 g/mol. The van der Waals surface area contributed by atoms with E-state index in [4.69, 9.17) is 5.73 Å². The average Bonchev–Trinajstić information content (AvgIpc) is 2.28. The van der Waals surface area contributed by atoms with Gasteiger partial charge in [0.25, 0.3) is 0 Å². The molecule has 0 heterocycles. The van der Waals surface area contributed by atoms with E-state index in [1.54, 1.807) is 11.9 Å². The van der Waals surface area contributed by atoms with Crippen molar-refractivity contribution in [3.05, 3.63) is 34.4 Å². The van der Waals surface area contributed by atoms with Crippen LogP contribution >= 0.6 is 0 Å². The second-order valence-electron chi connectivity index (χ2n) is 4.25. The highest BCUT2D eigenvalue weighted by Gasteiger charge is 2.10. The topological polar surface area (TPSA) is 46.3 Å². The van der Waals surface area contributed by atoms with Crippen LogP contribution in [0, 0.1) is 20.8 Å². The molecule has 0 bridgehead atoms. The Morgan fingerprint density at radius 3 is 2.44 bits per heavy atom. The summed E-state index contributed by atoms with van der Waals surface area (Å²) in [4.78, 5) is 13.0. The fraction of sp³-hybridized carbons (Fsp3) is 0.462. The van der Waals surface area contributed by atoms with Crippen LogP contribution in [0.4, 0.5) is 0 Å². The third kappa shape index (κ3) is 2.61. The highest BCUT2D eigenvalue weighted by molar-refractivity contribution is 5.77. The number of carbonyl (C=O) groups excluding carboxylic acids is 1. The van der Waals surface area contributed by atoms with Crippen molar-refractivity contribution >= 4 is 5.91 Å². The lowest BCUT2D eigenvalue weighted by Gasteiger charge is -2.19. The highest BCUT2D eigenvalue weighted by Crippen LogP contribution is 2.18. The zero-order valence-corrected chi connectivity index (χ0v) is 10.5. The van der Waals surface area contributed by atoms with Crippen LogP contribution < -0.4 is 5.73 Å². The highest BCUT2D eigenvalue weighted by atomic mass is 16.2. The van der Waals surface area contributed by atoms with E-state index in [0.29, 0.717) is 6.54 Å². The predicted octanol–water partition coefficient (Wildman–Crippen LogP) is 1.53. The molecule has 88 valence electrons. The maximum atomic E-state index is 11.4. The van der Waals surface area contributed by atoms with E-state index in [2.05, 4.69) is 32.9 Å². The first kappa shape index (κ1) is 12.7. The van der Waals surface area contributed by atoms with Crippen LogP contribution in [0.1, 0.15) is 22.3 Å². The molecule has 0 unspecified atom stereocenters. The van der Waals surface area contributed by atoms with E-state index >= 15 is 0 Å². The van der Waals surface area contributed by atoms with Crippen LogP contribution in [-0.4, -0.2) is 24.4 Å². The van der Waals surface area contributed by atoms with Gasteiger partial charge in [0, 0.05) is 13.6 Å². The molecule has 1 amide bonds. The van der Waals surface area contributed by atoms with Gasteiger partial charge in [0.15, 0.2) is 0 Å². The summed E-state index contributed by atoms with van der Waals surface area (Å²) >= 11 is 0. The van der Waals surface area contributed by atoms with Crippen molar-refractivity contribution in [2.24, 2.45) is 5.73 Å². The number of carbonyl (C=O) groups is 1. The Balaban J connectivity index is 2.90. The van der Waals surface area contributed by atoms with Crippen LogP contribution in [0.25, 0.3) is 0 Å². The van der Waals surface area contributed by atoms with Crippen LogP contribution in [0.5, 0.6) is 0 Å². The lowest BCUT2D eigenvalue weighted by Crippen LogP contribution is -2.32. The fourth-order valence-electron chi connectivity index (χ4n) is 1.68. The van der Waals surface area contributed by atoms with E-state index in [-0.39, 0.29) is 12.5 Å². The van der Waals surface area contributed by atoms with E-state index in [1.807, 2.05) is 0 Å². The van der Waals surface area contributed by atoms with Gasteiger partial charge in [-0.1, -0.05) is 12.1 Å². The molecule has 1 aromatic rings. The molecule has 2 N–H and O–H groups in total. The van der Waals surface area contributed by atoms with Gasteiger partial charge in [-0.25, -0.2) is 0 Å². The summed E-state index contributed by atoms with van der Waals surface area (Å²) in [6.07, 6.45) is 0. The van der Waals surface area contributed by atoms with Gasteiger partial charge in [0.05, 0.1) is 6.54 Å².